The van der Waals surface area contributed by atoms with Gasteiger partial charge in [-0.1, -0.05) is 24.3 Å². The van der Waals surface area contributed by atoms with Crippen LogP contribution in [0.3, 0.4) is 0 Å². The van der Waals surface area contributed by atoms with E-state index < -0.39 is 0 Å². The molecule has 24 heavy (non-hydrogen) atoms. The van der Waals surface area contributed by atoms with Gasteiger partial charge in [0.2, 0.25) is 5.91 Å². The summed E-state index contributed by atoms with van der Waals surface area (Å²) >= 11 is 0. The van der Waals surface area contributed by atoms with E-state index in [1.165, 1.54) is 29.7 Å². The van der Waals surface area contributed by atoms with Gasteiger partial charge in [-0.15, -0.1) is 0 Å². The average Bonchev–Trinajstić information content (AvgIpc) is 3.10. The van der Waals surface area contributed by atoms with Gasteiger partial charge in [-0.3, -0.25) is 9.48 Å². The van der Waals surface area contributed by atoms with Gasteiger partial charge in [-0.05, 0) is 43.0 Å². The minimum absolute atomic E-state index is 0.165. The third-order valence-electron chi connectivity index (χ3n) is 5.23. The Morgan fingerprint density at radius 1 is 1.25 bits per heavy atom. The van der Waals surface area contributed by atoms with Crippen LogP contribution in [0, 0.1) is 0 Å². The van der Waals surface area contributed by atoms with E-state index in [4.69, 9.17) is 0 Å². The summed E-state index contributed by atoms with van der Waals surface area (Å²) in [5.41, 5.74) is 3.83. The first-order valence-corrected chi connectivity index (χ1v) is 8.88. The molecule has 0 bridgehead atoms. The number of nitrogens with one attached hydrogen (secondary N) is 1. The molecule has 1 saturated heterocycles. The van der Waals surface area contributed by atoms with Gasteiger partial charge in [0.1, 0.15) is 6.54 Å². The summed E-state index contributed by atoms with van der Waals surface area (Å²) in [4.78, 5) is 14.7. The maximum Gasteiger partial charge on any atom is 0.244 e. The van der Waals surface area contributed by atoms with Gasteiger partial charge >= 0.3 is 0 Å². The minimum Gasteiger partial charge on any atom is -0.336 e. The molecule has 1 fully saturated rings. The Bertz CT molecular complexity index is 718. The highest BCUT2D eigenvalue weighted by Gasteiger charge is 2.23. The molecule has 3 heterocycles. The maximum absolute atomic E-state index is 12.8. The molecular weight excluding hydrogens is 300 g/mol. The SMILES string of the molecule is O=C(Cn1nccc1[C@H]1CCCNC1)N1CCc2ccccc2C1. The molecule has 1 amide bonds. The number of hydrogen-bond acceptors (Lipinski definition) is 3. The molecular formula is C19H24N4O. The van der Waals surface area contributed by atoms with Crippen LogP contribution in [-0.4, -0.2) is 40.2 Å². The molecule has 1 aromatic heterocycles. The molecule has 5 nitrogen and oxygen atoms in total. The zero-order valence-electron chi connectivity index (χ0n) is 13.9. The highest BCUT2D eigenvalue weighted by atomic mass is 16.2. The fourth-order valence-corrected chi connectivity index (χ4v) is 3.86. The Morgan fingerprint density at radius 3 is 2.96 bits per heavy atom. The van der Waals surface area contributed by atoms with Gasteiger partial charge in [0, 0.05) is 37.4 Å². The Kier molecular flexibility index (Phi) is 4.34. The highest BCUT2D eigenvalue weighted by Crippen LogP contribution is 2.23. The average molecular weight is 324 g/mol. The summed E-state index contributed by atoms with van der Waals surface area (Å²) in [6, 6.07) is 10.5. The van der Waals surface area contributed by atoms with Crippen molar-refractivity contribution in [2.24, 2.45) is 0 Å². The molecule has 126 valence electrons. The fraction of sp³-hybridized carbons (Fsp3) is 0.474. The monoisotopic (exact) mass is 324 g/mol. The summed E-state index contributed by atoms with van der Waals surface area (Å²) < 4.78 is 1.90. The molecule has 0 unspecified atom stereocenters. The lowest BCUT2D eigenvalue weighted by molar-refractivity contribution is -0.133. The minimum atomic E-state index is 0.165. The topological polar surface area (TPSA) is 50.2 Å². The van der Waals surface area contributed by atoms with Crippen LogP contribution in [0.25, 0.3) is 0 Å². The van der Waals surface area contributed by atoms with Gasteiger partial charge in [-0.25, -0.2) is 0 Å². The molecule has 2 aliphatic heterocycles. The van der Waals surface area contributed by atoms with Crippen LogP contribution in [0.1, 0.15) is 35.6 Å². The summed E-state index contributed by atoms with van der Waals surface area (Å²) in [5.74, 6) is 0.634. The molecule has 4 rings (SSSR count). The maximum atomic E-state index is 12.8. The van der Waals surface area contributed by atoms with Gasteiger partial charge in [0.15, 0.2) is 0 Å². The third-order valence-corrected chi connectivity index (χ3v) is 5.23. The summed E-state index contributed by atoms with van der Waals surface area (Å²) in [5, 5.41) is 7.85. The summed E-state index contributed by atoms with van der Waals surface area (Å²) in [7, 11) is 0. The number of hydrogen-bond donors (Lipinski definition) is 1. The van der Waals surface area contributed by atoms with E-state index in [9.17, 15) is 4.79 Å². The van der Waals surface area contributed by atoms with Crippen LogP contribution < -0.4 is 5.32 Å². The number of amides is 1. The number of aromatic nitrogens is 2. The van der Waals surface area contributed by atoms with E-state index in [1.807, 2.05) is 15.8 Å². The van der Waals surface area contributed by atoms with Crippen LogP contribution in [0.4, 0.5) is 0 Å². The lowest BCUT2D eigenvalue weighted by Gasteiger charge is -2.29. The smallest absolute Gasteiger partial charge is 0.244 e. The van der Waals surface area contributed by atoms with Crippen molar-refractivity contribution in [2.45, 2.75) is 38.3 Å². The second-order valence-electron chi connectivity index (χ2n) is 6.79. The third kappa shape index (κ3) is 3.08. The number of rotatable bonds is 3. The van der Waals surface area contributed by atoms with Gasteiger partial charge in [-0.2, -0.15) is 5.10 Å². The van der Waals surface area contributed by atoms with E-state index >= 15 is 0 Å². The van der Waals surface area contributed by atoms with Crippen molar-refractivity contribution in [3.8, 4) is 0 Å². The molecule has 0 spiro atoms. The normalized spacial score (nSPS) is 20.7. The Hall–Kier alpha value is -2.14. The van der Waals surface area contributed by atoms with Gasteiger partial charge < -0.3 is 10.2 Å². The number of nitrogens with zero attached hydrogens (tertiary/aromatic N) is 3. The lowest BCUT2D eigenvalue weighted by Crippen LogP contribution is -2.38. The quantitative estimate of drug-likeness (QED) is 0.939. The fourth-order valence-electron chi connectivity index (χ4n) is 3.86. The number of piperidine rings is 1. The molecule has 1 atom stereocenters. The first kappa shape index (κ1) is 15.4. The van der Waals surface area contributed by atoms with Crippen LogP contribution in [0.5, 0.6) is 0 Å². The standard InChI is InChI=1S/C19H24N4O/c24-19(22-11-8-15-4-1-2-5-17(15)13-22)14-23-18(7-10-21-23)16-6-3-9-20-12-16/h1-2,4-5,7,10,16,20H,3,6,8-9,11-14H2/t16-/m0/s1. The molecule has 5 heteroatoms. The number of carbonyl (C=O) groups is 1. The Morgan fingerprint density at radius 2 is 2.12 bits per heavy atom. The van der Waals surface area contributed by atoms with Crippen molar-refractivity contribution in [2.75, 3.05) is 19.6 Å². The highest BCUT2D eigenvalue weighted by molar-refractivity contribution is 5.76. The molecule has 1 N–H and O–H groups in total. The van der Waals surface area contributed by atoms with Gasteiger partial charge in [0.25, 0.3) is 0 Å². The first-order chi connectivity index (χ1) is 11.8. The zero-order valence-corrected chi connectivity index (χ0v) is 13.9. The van der Waals surface area contributed by atoms with Crippen molar-refractivity contribution >= 4 is 5.91 Å². The number of carbonyl (C=O) groups excluding carboxylic acids is 1. The molecule has 0 radical (unpaired) electrons. The van der Waals surface area contributed by atoms with E-state index in [2.05, 4.69) is 40.7 Å². The van der Waals surface area contributed by atoms with Crippen molar-refractivity contribution in [1.29, 1.82) is 0 Å². The number of benzene rings is 1. The van der Waals surface area contributed by atoms with E-state index in [-0.39, 0.29) is 5.91 Å². The van der Waals surface area contributed by atoms with Crippen LogP contribution in [0.2, 0.25) is 0 Å². The predicted octanol–water partition coefficient (Wildman–Crippen LogP) is 1.93. The van der Waals surface area contributed by atoms with Crippen LogP contribution >= 0.6 is 0 Å². The van der Waals surface area contributed by atoms with Crippen LogP contribution in [0.15, 0.2) is 36.5 Å². The summed E-state index contributed by atoms with van der Waals surface area (Å²) in [6.07, 6.45) is 5.12. The molecule has 2 aromatic rings. The Labute approximate surface area is 142 Å². The number of fused-ring (bicyclic) bond motifs is 1. The van der Waals surface area contributed by atoms with E-state index in [1.54, 1.807) is 0 Å². The predicted molar refractivity (Wildman–Crippen MR) is 92.6 cm³/mol. The molecule has 2 aliphatic rings. The lowest BCUT2D eigenvalue weighted by atomic mass is 9.96. The van der Waals surface area contributed by atoms with E-state index in [0.29, 0.717) is 12.5 Å². The molecule has 0 saturated carbocycles. The zero-order chi connectivity index (χ0) is 16.4. The van der Waals surface area contributed by atoms with Crippen molar-refractivity contribution in [3.05, 3.63) is 53.3 Å². The van der Waals surface area contributed by atoms with Crippen molar-refractivity contribution in [1.82, 2.24) is 20.0 Å². The molecule has 0 aliphatic carbocycles. The largest absolute Gasteiger partial charge is 0.336 e. The van der Waals surface area contributed by atoms with Crippen LogP contribution in [-0.2, 0) is 24.3 Å². The van der Waals surface area contributed by atoms with Gasteiger partial charge in [0.05, 0.1) is 0 Å². The van der Waals surface area contributed by atoms with Crippen molar-refractivity contribution < 1.29 is 4.79 Å². The first-order valence-electron chi connectivity index (χ1n) is 8.88. The Balaban J connectivity index is 1.45. The second kappa shape index (κ2) is 6.77. The second-order valence-corrected chi connectivity index (χ2v) is 6.79. The van der Waals surface area contributed by atoms with E-state index in [0.717, 1.165) is 32.6 Å². The molecule has 1 aromatic carbocycles. The summed E-state index contributed by atoms with van der Waals surface area (Å²) in [6.45, 7) is 3.95. The van der Waals surface area contributed by atoms with Crippen molar-refractivity contribution in [3.63, 3.8) is 0 Å².